The van der Waals surface area contributed by atoms with Gasteiger partial charge in [0.1, 0.15) is 17.5 Å². The predicted octanol–water partition coefficient (Wildman–Crippen LogP) is 0.242. The number of benzene rings is 1. The molecular weight excluding hydrogens is 356 g/mol. The smallest absolute Gasteiger partial charge is 0.327 e. The van der Waals surface area contributed by atoms with Crippen LogP contribution in [0.25, 0.3) is 0 Å². The number of hydrogen-bond acceptors (Lipinski definition) is 6. The van der Waals surface area contributed by atoms with E-state index in [0.29, 0.717) is 5.56 Å². The van der Waals surface area contributed by atoms with E-state index in [1.165, 1.54) is 16.7 Å². The van der Waals surface area contributed by atoms with E-state index in [1.54, 1.807) is 45.2 Å². The molecule has 0 bridgehead atoms. The monoisotopic (exact) mass is 376 g/mol. The Kier molecular flexibility index (Phi) is 4.66. The van der Waals surface area contributed by atoms with E-state index in [-0.39, 0.29) is 11.6 Å². The lowest BCUT2D eigenvalue weighted by Gasteiger charge is -2.43. The van der Waals surface area contributed by atoms with Gasteiger partial charge >= 0.3 is 5.97 Å². The molecule has 0 aromatic heterocycles. The number of nitrogens with zero attached hydrogens (tertiary/aromatic N) is 2. The van der Waals surface area contributed by atoms with Crippen molar-refractivity contribution in [3.8, 4) is 0 Å². The maximum Gasteiger partial charge on any atom is 0.327 e. The number of hydrazone groups is 1. The first-order valence-electron chi connectivity index (χ1n) is 8.11. The van der Waals surface area contributed by atoms with Gasteiger partial charge in [0.05, 0.1) is 0 Å². The van der Waals surface area contributed by atoms with Crippen LogP contribution in [0.5, 0.6) is 0 Å². The van der Waals surface area contributed by atoms with Gasteiger partial charge in [-0.2, -0.15) is 5.10 Å². The van der Waals surface area contributed by atoms with Crippen molar-refractivity contribution >= 4 is 35.3 Å². The first-order chi connectivity index (χ1) is 12.3. The summed E-state index contributed by atoms with van der Waals surface area (Å²) in [6, 6.07) is 7.24. The number of hydrogen-bond donors (Lipinski definition) is 3. The highest BCUT2D eigenvalue weighted by molar-refractivity contribution is 8.01. The molecule has 2 fully saturated rings. The number of aliphatic carboxylic acids is 1. The molecule has 0 spiro atoms. The second-order valence-corrected chi connectivity index (χ2v) is 8.37. The molecule has 3 rings (SSSR count). The lowest BCUT2D eigenvalue weighted by Crippen LogP contribution is -2.71. The Morgan fingerprint density at radius 3 is 2.50 bits per heavy atom. The summed E-state index contributed by atoms with van der Waals surface area (Å²) in [5.41, 5.74) is 3.38. The highest BCUT2D eigenvalue weighted by Gasteiger charge is 2.64. The minimum atomic E-state index is -1.04. The summed E-state index contributed by atoms with van der Waals surface area (Å²) in [7, 11) is 1.58. The summed E-state index contributed by atoms with van der Waals surface area (Å²) < 4.78 is -0.632. The number of β-lactam (4-membered cyclic amide) rings is 1. The van der Waals surface area contributed by atoms with Crippen LogP contribution < -0.4 is 10.7 Å². The lowest BCUT2D eigenvalue weighted by atomic mass is 9.96. The fourth-order valence-corrected chi connectivity index (χ4v) is 4.93. The molecule has 8 nitrogen and oxygen atoms in total. The molecule has 1 aromatic carbocycles. The highest BCUT2D eigenvalue weighted by atomic mass is 32.2. The van der Waals surface area contributed by atoms with Crippen molar-refractivity contribution in [2.45, 2.75) is 36.1 Å². The Balaban J connectivity index is 1.78. The van der Waals surface area contributed by atoms with Crippen molar-refractivity contribution in [3.05, 3.63) is 35.9 Å². The van der Waals surface area contributed by atoms with Gasteiger partial charge in [0.15, 0.2) is 5.71 Å². The number of carboxylic acid groups (broad SMARTS) is 1. The zero-order valence-corrected chi connectivity index (χ0v) is 15.4. The molecule has 2 aliphatic heterocycles. The summed E-state index contributed by atoms with van der Waals surface area (Å²) in [6.07, 6.45) is 0. The van der Waals surface area contributed by atoms with E-state index in [1.807, 2.05) is 6.07 Å². The summed E-state index contributed by atoms with van der Waals surface area (Å²) in [5, 5.41) is 15.8. The number of carbonyl (C=O) groups is 3. The molecule has 138 valence electrons. The lowest BCUT2D eigenvalue weighted by molar-refractivity contribution is -0.160. The number of carbonyl (C=O) groups excluding carboxylic acids is 2. The Morgan fingerprint density at radius 2 is 1.92 bits per heavy atom. The van der Waals surface area contributed by atoms with Crippen molar-refractivity contribution in [1.82, 2.24) is 15.6 Å². The van der Waals surface area contributed by atoms with E-state index >= 15 is 0 Å². The normalized spacial score (nSPS) is 26.7. The number of rotatable bonds is 5. The number of nitrogens with one attached hydrogen (secondary N) is 2. The molecule has 2 heterocycles. The van der Waals surface area contributed by atoms with Crippen LogP contribution in [0.3, 0.4) is 0 Å². The fourth-order valence-electron chi connectivity index (χ4n) is 3.31. The van der Waals surface area contributed by atoms with Gasteiger partial charge in [0, 0.05) is 17.4 Å². The van der Waals surface area contributed by atoms with Gasteiger partial charge < -0.3 is 20.7 Å². The third-order valence-electron chi connectivity index (χ3n) is 4.45. The van der Waals surface area contributed by atoms with E-state index < -0.39 is 34.1 Å². The molecule has 1 unspecified atom stereocenters. The quantitative estimate of drug-likeness (QED) is 0.386. The van der Waals surface area contributed by atoms with Gasteiger partial charge in [-0.25, -0.2) is 4.79 Å². The van der Waals surface area contributed by atoms with E-state index in [2.05, 4.69) is 15.8 Å². The Hall–Kier alpha value is -2.55. The van der Waals surface area contributed by atoms with Crippen LogP contribution in [0.15, 0.2) is 35.4 Å². The van der Waals surface area contributed by atoms with Crippen LogP contribution in [0.1, 0.15) is 19.4 Å². The molecule has 2 saturated heterocycles. The van der Waals surface area contributed by atoms with Crippen LogP contribution >= 0.6 is 11.8 Å². The molecule has 0 saturated carbocycles. The van der Waals surface area contributed by atoms with Crippen LogP contribution in [0.4, 0.5) is 0 Å². The minimum absolute atomic E-state index is 0.163. The summed E-state index contributed by atoms with van der Waals surface area (Å²) >= 11 is 1.38. The first kappa shape index (κ1) is 18.2. The number of fused-ring (bicyclic) bond motifs is 1. The average Bonchev–Trinajstić information content (AvgIpc) is 2.86. The largest absolute Gasteiger partial charge is 0.480 e. The van der Waals surface area contributed by atoms with Gasteiger partial charge in [-0.05, 0) is 13.8 Å². The molecule has 26 heavy (non-hydrogen) atoms. The van der Waals surface area contributed by atoms with Crippen LogP contribution in [0.2, 0.25) is 0 Å². The zero-order chi connectivity index (χ0) is 19.1. The summed E-state index contributed by atoms with van der Waals surface area (Å²) in [6.45, 7) is 3.58. The number of carboxylic acids is 1. The van der Waals surface area contributed by atoms with Crippen LogP contribution in [-0.4, -0.2) is 62.8 Å². The second kappa shape index (κ2) is 6.64. The van der Waals surface area contributed by atoms with Crippen molar-refractivity contribution in [2.24, 2.45) is 5.10 Å². The maximum atomic E-state index is 12.7. The molecule has 2 amide bonds. The Bertz CT molecular complexity index is 780. The fraction of sp³-hybridized carbons (Fsp3) is 0.412. The van der Waals surface area contributed by atoms with Crippen molar-refractivity contribution in [3.63, 3.8) is 0 Å². The minimum Gasteiger partial charge on any atom is -0.480 e. The highest BCUT2D eigenvalue weighted by Crippen LogP contribution is 2.50. The summed E-state index contributed by atoms with van der Waals surface area (Å²) in [4.78, 5) is 38.0. The van der Waals surface area contributed by atoms with Gasteiger partial charge in [-0.15, -0.1) is 11.8 Å². The van der Waals surface area contributed by atoms with Crippen molar-refractivity contribution in [2.75, 3.05) is 7.05 Å². The number of amides is 2. The molecule has 2 aliphatic rings. The van der Waals surface area contributed by atoms with Crippen LogP contribution in [0, 0.1) is 0 Å². The van der Waals surface area contributed by atoms with Crippen molar-refractivity contribution in [1.29, 1.82) is 0 Å². The second-order valence-electron chi connectivity index (χ2n) is 6.60. The molecular formula is C17H20N4O4S. The van der Waals surface area contributed by atoms with E-state index in [0.717, 1.165) is 0 Å². The van der Waals surface area contributed by atoms with Gasteiger partial charge in [-0.3, -0.25) is 9.59 Å². The Morgan fingerprint density at radius 1 is 1.27 bits per heavy atom. The number of thioether (sulfide) groups is 1. The Labute approximate surface area is 155 Å². The molecule has 1 aromatic rings. The third kappa shape index (κ3) is 2.92. The van der Waals surface area contributed by atoms with Gasteiger partial charge in [-0.1, -0.05) is 30.3 Å². The molecule has 3 atom stereocenters. The topological polar surface area (TPSA) is 111 Å². The predicted molar refractivity (Wildman–Crippen MR) is 97.7 cm³/mol. The van der Waals surface area contributed by atoms with Crippen LogP contribution in [-0.2, 0) is 14.4 Å². The molecule has 3 N–H and O–H groups in total. The van der Waals surface area contributed by atoms with E-state index in [4.69, 9.17) is 0 Å². The zero-order valence-electron chi connectivity index (χ0n) is 14.6. The molecule has 0 aliphatic carbocycles. The SMILES string of the molecule is CN/N=C(/C(=O)NC1C(=O)N2[C@@H]1SC(C)(C)[C@@H]2C(=O)O)c1ccccc1. The molecule has 9 heteroatoms. The first-order valence-corrected chi connectivity index (χ1v) is 8.99. The third-order valence-corrected chi connectivity index (χ3v) is 6.02. The summed E-state index contributed by atoms with van der Waals surface area (Å²) in [5.74, 6) is -1.91. The average molecular weight is 376 g/mol. The maximum absolute atomic E-state index is 12.7. The van der Waals surface area contributed by atoms with Crippen molar-refractivity contribution < 1.29 is 19.5 Å². The van der Waals surface area contributed by atoms with Gasteiger partial charge in [0.2, 0.25) is 5.91 Å². The molecule has 0 radical (unpaired) electrons. The van der Waals surface area contributed by atoms with E-state index in [9.17, 15) is 19.5 Å². The standard InChI is InChI=1S/C17H20N4O4S/c1-17(2)12(16(24)25)21-14(23)11(15(21)26-17)19-13(22)10(20-18-3)9-7-5-4-6-8-9/h4-8,11-12,15,18H,1-3H3,(H,19,22)(H,24,25)/b20-10+/t11?,12-,15+/m0/s1. The van der Waals surface area contributed by atoms with Gasteiger partial charge in [0.25, 0.3) is 5.91 Å².